The van der Waals surface area contributed by atoms with E-state index in [4.69, 9.17) is 4.74 Å². The number of carbonyl (C=O) groups excluding carboxylic acids is 1. The number of carbonyl (C=O) groups is 1. The van der Waals surface area contributed by atoms with Crippen LogP contribution in [0.2, 0.25) is 0 Å². The van der Waals surface area contributed by atoms with Crippen molar-refractivity contribution in [3.05, 3.63) is 40.7 Å². The van der Waals surface area contributed by atoms with Crippen LogP contribution in [0.1, 0.15) is 33.6 Å². The van der Waals surface area contributed by atoms with E-state index in [0.29, 0.717) is 38.2 Å². The van der Waals surface area contributed by atoms with Crippen molar-refractivity contribution in [2.75, 3.05) is 43.0 Å². The van der Waals surface area contributed by atoms with E-state index in [1.807, 2.05) is 0 Å². The largest absolute Gasteiger partial charge is 0.466 e. The Bertz CT molecular complexity index is 1150. The highest BCUT2D eigenvalue weighted by atomic mass is 32.2. The van der Waals surface area contributed by atoms with E-state index >= 15 is 0 Å². The maximum Gasteiger partial charge on any atom is 0.353 e. The summed E-state index contributed by atoms with van der Waals surface area (Å²) in [5, 5.41) is 14.9. The summed E-state index contributed by atoms with van der Waals surface area (Å²) >= 11 is 0. The van der Waals surface area contributed by atoms with Gasteiger partial charge in [-0.15, -0.1) is 0 Å². The Morgan fingerprint density at radius 1 is 1.23 bits per heavy atom. The van der Waals surface area contributed by atoms with Crippen LogP contribution in [0.3, 0.4) is 0 Å². The number of nitrogens with zero attached hydrogens (tertiary/aromatic N) is 5. The van der Waals surface area contributed by atoms with E-state index in [1.165, 1.54) is 34.9 Å². The molecule has 0 bridgehead atoms. The average Bonchev–Trinajstić information content (AvgIpc) is 2.85. The second-order valence-corrected chi connectivity index (χ2v) is 9.87. The first-order valence-electron chi connectivity index (χ1n) is 11.5. The molecule has 1 N–H and O–H groups in total. The summed E-state index contributed by atoms with van der Waals surface area (Å²) in [5.41, 5.74) is 0.108. The fourth-order valence-corrected chi connectivity index (χ4v) is 5.50. The molecule has 2 aromatic rings. The number of hydrogen-bond donors (Lipinski definition) is 1. The zero-order chi connectivity index (χ0) is 25.6. The number of anilines is 3. The van der Waals surface area contributed by atoms with Crippen molar-refractivity contribution in [3.63, 3.8) is 0 Å². The van der Waals surface area contributed by atoms with Crippen molar-refractivity contribution in [2.24, 2.45) is 5.92 Å². The second kappa shape index (κ2) is 11.4. The van der Waals surface area contributed by atoms with Gasteiger partial charge in [0.05, 0.1) is 22.3 Å². The topological polar surface area (TPSA) is 148 Å². The van der Waals surface area contributed by atoms with Gasteiger partial charge in [-0.1, -0.05) is 13.8 Å². The first kappa shape index (κ1) is 26.3. The molecular formula is C22H30N6O6S. The Hall–Kier alpha value is -3.32. The van der Waals surface area contributed by atoms with Gasteiger partial charge in [-0.3, -0.25) is 14.9 Å². The van der Waals surface area contributed by atoms with Crippen LogP contribution >= 0.6 is 0 Å². The molecule has 2 heterocycles. The van der Waals surface area contributed by atoms with Gasteiger partial charge in [0.2, 0.25) is 21.7 Å². The van der Waals surface area contributed by atoms with Crippen LogP contribution < -0.4 is 10.2 Å². The van der Waals surface area contributed by atoms with E-state index in [1.54, 1.807) is 25.7 Å². The molecule has 0 spiro atoms. The molecule has 0 saturated carbocycles. The highest BCUT2D eigenvalue weighted by molar-refractivity contribution is 7.89. The molecule has 13 heteroatoms. The van der Waals surface area contributed by atoms with Crippen LogP contribution in [0.4, 0.5) is 23.0 Å². The zero-order valence-corrected chi connectivity index (χ0v) is 20.8. The summed E-state index contributed by atoms with van der Waals surface area (Å²) in [7, 11) is -3.62. The first-order valence-corrected chi connectivity index (χ1v) is 12.9. The molecule has 0 amide bonds. The number of ether oxygens (including phenoxy) is 1. The Morgan fingerprint density at radius 2 is 1.91 bits per heavy atom. The summed E-state index contributed by atoms with van der Waals surface area (Å²) in [5.74, 6) is -0.637. The number of sulfonamides is 1. The van der Waals surface area contributed by atoms with Crippen molar-refractivity contribution in [2.45, 2.75) is 38.5 Å². The lowest BCUT2D eigenvalue weighted by atomic mass is 9.98. The standard InChI is InChI=1S/C22H30N6O6S/c1-4-27(5-2)35(32,33)18-11-9-17(10-12-18)25-20-19(28(30)31)21(24-15-23-20)26-13-7-8-16(14-26)22(29)34-6-3/h9-12,15-16H,4-8,13-14H2,1-3H3,(H,23,24,25). The normalized spacial score (nSPS) is 16.2. The Labute approximate surface area is 204 Å². The number of nitrogens with one attached hydrogen (secondary N) is 1. The fourth-order valence-electron chi connectivity index (χ4n) is 4.04. The molecule has 1 saturated heterocycles. The summed E-state index contributed by atoms with van der Waals surface area (Å²) in [6.07, 6.45) is 2.52. The third kappa shape index (κ3) is 5.85. The minimum atomic E-state index is -3.62. The van der Waals surface area contributed by atoms with E-state index < -0.39 is 20.9 Å². The van der Waals surface area contributed by atoms with Crippen LogP contribution in [0, 0.1) is 16.0 Å². The van der Waals surface area contributed by atoms with Gasteiger partial charge in [0.15, 0.2) is 0 Å². The Balaban J connectivity index is 1.87. The highest BCUT2D eigenvalue weighted by Gasteiger charge is 2.33. The molecule has 1 fully saturated rings. The number of esters is 1. The monoisotopic (exact) mass is 506 g/mol. The third-order valence-corrected chi connectivity index (χ3v) is 7.85. The van der Waals surface area contributed by atoms with Gasteiger partial charge in [-0.25, -0.2) is 18.4 Å². The van der Waals surface area contributed by atoms with Crippen molar-refractivity contribution in [3.8, 4) is 0 Å². The number of benzene rings is 1. The molecule has 1 aromatic carbocycles. The van der Waals surface area contributed by atoms with E-state index in [2.05, 4.69) is 15.3 Å². The smallest absolute Gasteiger partial charge is 0.353 e. The van der Waals surface area contributed by atoms with Crippen molar-refractivity contribution in [1.82, 2.24) is 14.3 Å². The molecule has 35 heavy (non-hydrogen) atoms. The van der Waals surface area contributed by atoms with E-state index in [9.17, 15) is 23.3 Å². The van der Waals surface area contributed by atoms with E-state index in [0.717, 1.165) is 0 Å². The Kier molecular flexibility index (Phi) is 8.57. The molecule has 1 atom stereocenters. The molecular weight excluding hydrogens is 476 g/mol. The van der Waals surface area contributed by atoms with Gasteiger partial charge in [0, 0.05) is 31.9 Å². The second-order valence-electron chi connectivity index (χ2n) is 7.93. The number of rotatable bonds is 10. The van der Waals surface area contributed by atoms with Crippen LogP contribution in [0.15, 0.2) is 35.5 Å². The lowest BCUT2D eigenvalue weighted by molar-refractivity contribution is -0.383. The van der Waals surface area contributed by atoms with Crippen LogP contribution in [-0.4, -0.2) is 66.4 Å². The molecule has 1 aromatic heterocycles. The third-order valence-electron chi connectivity index (χ3n) is 5.79. The predicted octanol–water partition coefficient (Wildman–Crippen LogP) is 2.94. The van der Waals surface area contributed by atoms with Gasteiger partial charge in [-0.2, -0.15) is 4.31 Å². The predicted molar refractivity (Wildman–Crippen MR) is 130 cm³/mol. The maximum atomic E-state index is 12.7. The maximum absolute atomic E-state index is 12.7. The van der Waals surface area contributed by atoms with Crippen LogP contribution in [-0.2, 0) is 19.6 Å². The lowest BCUT2D eigenvalue weighted by Gasteiger charge is -2.32. The molecule has 1 unspecified atom stereocenters. The molecule has 3 rings (SSSR count). The SMILES string of the molecule is CCOC(=O)C1CCCN(c2ncnc(Nc3ccc(S(=O)(=O)N(CC)CC)cc3)c2[N+](=O)[O-])C1. The van der Waals surface area contributed by atoms with Gasteiger partial charge in [-0.05, 0) is 44.0 Å². The summed E-state index contributed by atoms with van der Waals surface area (Å²) < 4.78 is 31.9. The molecule has 12 nitrogen and oxygen atoms in total. The van der Waals surface area contributed by atoms with Crippen LogP contribution in [0.5, 0.6) is 0 Å². The minimum Gasteiger partial charge on any atom is -0.466 e. The molecule has 1 aliphatic heterocycles. The molecule has 0 aliphatic carbocycles. The summed E-state index contributed by atoms with van der Waals surface area (Å²) in [4.78, 5) is 33.7. The van der Waals surface area contributed by atoms with Gasteiger partial charge >= 0.3 is 11.7 Å². The number of nitro groups is 1. The first-order chi connectivity index (χ1) is 16.7. The average molecular weight is 507 g/mol. The Morgan fingerprint density at radius 3 is 2.51 bits per heavy atom. The summed E-state index contributed by atoms with van der Waals surface area (Å²) in [6, 6.07) is 5.94. The quantitative estimate of drug-likeness (QED) is 0.290. The fraction of sp³-hybridized carbons (Fsp3) is 0.500. The van der Waals surface area contributed by atoms with Gasteiger partial charge in [0.25, 0.3) is 0 Å². The molecule has 190 valence electrons. The molecule has 1 aliphatic rings. The molecule has 0 radical (unpaired) electrons. The van der Waals surface area contributed by atoms with Crippen LogP contribution in [0.25, 0.3) is 0 Å². The summed E-state index contributed by atoms with van der Waals surface area (Å²) in [6.45, 7) is 6.99. The number of hydrogen-bond acceptors (Lipinski definition) is 10. The van der Waals surface area contributed by atoms with Crippen molar-refractivity contribution >= 4 is 39.0 Å². The lowest BCUT2D eigenvalue weighted by Crippen LogP contribution is -2.40. The van der Waals surface area contributed by atoms with Crippen molar-refractivity contribution in [1.29, 1.82) is 0 Å². The number of piperidine rings is 1. The highest BCUT2D eigenvalue weighted by Crippen LogP contribution is 2.35. The van der Waals surface area contributed by atoms with E-state index in [-0.39, 0.29) is 41.3 Å². The van der Waals surface area contributed by atoms with Crippen molar-refractivity contribution < 1.29 is 22.9 Å². The van der Waals surface area contributed by atoms with Gasteiger partial charge < -0.3 is 15.0 Å². The zero-order valence-electron chi connectivity index (χ0n) is 20.0. The van der Waals surface area contributed by atoms with Gasteiger partial charge in [0.1, 0.15) is 6.33 Å². The number of aromatic nitrogens is 2. The minimum absolute atomic E-state index is 0.0300.